The fraction of sp³-hybridized carbons (Fsp3) is 0.450. The van der Waals surface area contributed by atoms with Gasteiger partial charge in [0.2, 0.25) is 0 Å². The van der Waals surface area contributed by atoms with Gasteiger partial charge in [-0.3, -0.25) is 0 Å². The number of furan rings is 1. The summed E-state index contributed by atoms with van der Waals surface area (Å²) in [5.74, 6) is 2.40. The van der Waals surface area contributed by atoms with Crippen molar-refractivity contribution in [2.75, 3.05) is 26.3 Å². The van der Waals surface area contributed by atoms with Gasteiger partial charge in [0.15, 0.2) is 5.96 Å². The predicted molar refractivity (Wildman–Crippen MR) is 99.7 cm³/mol. The minimum atomic E-state index is 0.565. The summed E-state index contributed by atoms with van der Waals surface area (Å²) in [6.07, 6.45) is 3.66. The van der Waals surface area contributed by atoms with Crippen LogP contribution in [0.2, 0.25) is 0 Å². The van der Waals surface area contributed by atoms with E-state index in [1.807, 2.05) is 12.1 Å². The Hall–Kier alpha value is -2.27. The largest absolute Gasteiger partial charge is 0.469 e. The Balaban J connectivity index is 1.55. The maximum atomic E-state index is 5.45. The maximum Gasteiger partial charge on any atom is 0.191 e. The number of hydrogen-bond acceptors (Lipinski definition) is 3. The van der Waals surface area contributed by atoms with Gasteiger partial charge in [-0.25, -0.2) is 4.99 Å². The highest BCUT2D eigenvalue weighted by Crippen LogP contribution is 2.11. The number of nitrogens with zero attached hydrogens (tertiary/aromatic N) is 1. The lowest BCUT2D eigenvalue weighted by Crippen LogP contribution is -2.40. The lowest BCUT2D eigenvalue weighted by atomic mass is 10.1. The lowest BCUT2D eigenvalue weighted by Gasteiger charge is -2.15. The van der Waals surface area contributed by atoms with Gasteiger partial charge in [0.1, 0.15) is 5.76 Å². The van der Waals surface area contributed by atoms with E-state index in [2.05, 4.69) is 41.8 Å². The fourth-order valence-corrected chi connectivity index (χ4v) is 2.87. The molecule has 2 heterocycles. The third kappa shape index (κ3) is 5.64. The fourth-order valence-electron chi connectivity index (χ4n) is 2.87. The van der Waals surface area contributed by atoms with Crippen LogP contribution in [0.4, 0.5) is 0 Å². The van der Waals surface area contributed by atoms with E-state index in [1.54, 1.807) is 6.26 Å². The molecule has 0 aliphatic carbocycles. The van der Waals surface area contributed by atoms with Gasteiger partial charge in [-0.05, 0) is 36.6 Å². The Labute approximate surface area is 149 Å². The molecule has 1 unspecified atom stereocenters. The molecule has 3 rings (SSSR count). The number of ether oxygens (including phenoxy) is 1. The van der Waals surface area contributed by atoms with Gasteiger partial charge in [-0.1, -0.05) is 24.3 Å². The smallest absolute Gasteiger partial charge is 0.191 e. The molecule has 0 bridgehead atoms. The first-order chi connectivity index (χ1) is 12.3. The molecule has 1 aliphatic rings. The quantitative estimate of drug-likeness (QED) is 0.600. The van der Waals surface area contributed by atoms with Crippen LogP contribution in [0, 0.1) is 12.8 Å². The number of guanidine groups is 1. The van der Waals surface area contributed by atoms with Gasteiger partial charge in [0.05, 0.1) is 19.4 Å². The van der Waals surface area contributed by atoms with Crippen LogP contribution in [0.1, 0.15) is 23.3 Å². The van der Waals surface area contributed by atoms with E-state index >= 15 is 0 Å². The van der Waals surface area contributed by atoms with Crippen LogP contribution >= 0.6 is 0 Å². The van der Waals surface area contributed by atoms with Crippen LogP contribution in [-0.4, -0.2) is 32.3 Å². The molecule has 1 atom stereocenters. The summed E-state index contributed by atoms with van der Waals surface area (Å²) < 4.78 is 10.8. The molecule has 1 saturated heterocycles. The molecule has 1 aromatic heterocycles. The van der Waals surface area contributed by atoms with Crippen LogP contribution < -0.4 is 10.6 Å². The summed E-state index contributed by atoms with van der Waals surface area (Å²) in [5.41, 5.74) is 2.52. The average Bonchev–Trinajstić information content (AvgIpc) is 3.32. The van der Waals surface area contributed by atoms with Crippen molar-refractivity contribution in [2.45, 2.75) is 26.3 Å². The van der Waals surface area contributed by atoms with E-state index in [-0.39, 0.29) is 0 Å². The van der Waals surface area contributed by atoms with Crippen molar-refractivity contribution in [3.63, 3.8) is 0 Å². The van der Waals surface area contributed by atoms with E-state index in [0.717, 1.165) is 50.9 Å². The molecule has 134 valence electrons. The van der Waals surface area contributed by atoms with Crippen molar-refractivity contribution >= 4 is 5.96 Å². The van der Waals surface area contributed by atoms with Crippen LogP contribution in [0.15, 0.2) is 52.1 Å². The Morgan fingerprint density at radius 2 is 2.12 bits per heavy atom. The zero-order chi connectivity index (χ0) is 17.3. The third-order valence-corrected chi connectivity index (χ3v) is 4.49. The summed E-state index contributed by atoms with van der Waals surface area (Å²) in [5, 5.41) is 6.87. The van der Waals surface area contributed by atoms with Gasteiger partial charge in [-0.2, -0.15) is 0 Å². The first-order valence-electron chi connectivity index (χ1n) is 8.98. The molecular formula is C20H27N3O2. The van der Waals surface area contributed by atoms with Crippen LogP contribution in [0.25, 0.3) is 0 Å². The van der Waals surface area contributed by atoms with Crippen LogP contribution in [0.3, 0.4) is 0 Å². The topological polar surface area (TPSA) is 58.8 Å². The van der Waals surface area contributed by atoms with Gasteiger partial charge >= 0.3 is 0 Å². The Morgan fingerprint density at radius 1 is 1.20 bits per heavy atom. The van der Waals surface area contributed by atoms with Gasteiger partial charge in [-0.15, -0.1) is 0 Å². The Morgan fingerprint density at radius 3 is 2.88 bits per heavy atom. The third-order valence-electron chi connectivity index (χ3n) is 4.49. The normalized spacial score (nSPS) is 17.6. The second-order valence-electron chi connectivity index (χ2n) is 6.46. The highest BCUT2D eigenvalue weighted by atomic mass is 16.5. The highest BCUT2D eigenvalue weighted by Gasteiger charge is 2.15. The second kappa shape index (κ2) is 9.28. The summed E-state index contributed by atoms with van der Waals surface area (Å²) >= 11 is 0. The molecule has 0 spiro atoms. The summed E-state index contributed by atoms with van der Waals surface area (Å²) in [6, 6.07) is 12.3. The molecule has 25 heavy (non-hydrogen) atoms. The monoisotopic (exact) mass is 341 g/mol. The molecule has 1 aromatic carbocycles. The molecule has 1 fully saturated rings. The molecule has 2 aromatic rings. The molecule has 5 heteroatoms. The number of hydrogen-bond donors (Lipinski definition) is 2. The summed E-state index contributed by atoms with van der Waals surface area (Å²) in [4.78, 5) is 4.76. The number of aliphatic imine (C=N–C) groups is 1. The zero-order valence-electron chi connectivity index (χ0n) is 14.8. The van der Waals surface area contributed by atoms with Crippen LogP contribution in [-0.2, 0) is 17.7 Å². The minimum absolute atomic E-state index is 0.565. The molecule has 5 nitrogen and oxygen atoms in total. The average molecular weight is 341 g/mol. The number of rotatable bonds is 7. The van der Waals surface area contributed by atoms with E-state index in [1.165, 1.54) is 11.1 Å². The van der Waals surface area contributed by atoms with Gasteiger partial charge in [0, 0.05) is 32.0 Å². The molecule has 1 aliphatic heterocycles. The van der Waals surface area contributed by atoms with Crippen molar-refractivity contribution in [3.8, 4) is 0 Å². The van der Waals surface area contributed by atoms with E-state index < -0.39 is 0 Å². The van der Waals surface area contributed by atoms with Crippen molar-refractivity contribution in [3.05, 3.63) is 59.5 Å². The van der Waals surface area contributed by atoms with Crippen molar-refractivity contribution in [1.29, 1.82) is 0 Å². The molecule has 0 radical (unpaired) electrons. The minimum Gasteiger partial charge on any atom is -0.469 e. The Bertz CT molecular complexity index is 661. The van der Waals surface area contributed by atoms with Crippen molar-refractivity contribution < 1.29 is 9.15 Å². The first kappa shape index (κ1) is 17.5. The highest BCUT2D eigenvalue weighted by molar-refractivity contribution is 5.79. The summed E-state index contributed by atoms with van der Waals surface area (Å²) in [6.45, 7) is 6.18. The van der Waals surface area contributed by atoms with E-state index in [9.17, 15) is 0 Å². The summed E-state index contributed by atoms with van der Waals surface area (Å²) in [7, 11) is 0. The number of benzene rings is 1. The maximum absolute atomic E-state index is 5.45. The Kier molecular flexibility index (Phi) is 6.51. The van der Waals surface area contributed by atoms with Gasteiger partial charge in [0.25, 0.3) is 0 Å². The molecule has 2 N–H and O–H groups in total. The second-order valence-corrected chi connectivity index (χ2v) is 6.46. The van der Waals surface area contributed by atoms with E-state index in [4.69, 9.17) is 14.1 Å². The van der Waals surface area contributed by atoms with Crippen molar-refractivity contribution in [1.82, 2.24) is 10.6 Å². The lowest BCUT2D eigenvalue weighted by molar-refractivity contribution is 0.186. The number of aryl methyl sites for hydroxylation is 1. The van der Waals surface area contributed by atoms with Gasteiger partial charge < -0.3 is 19.8 Å². The van der Waals surface area contributed by atoms with Crippen molar-refractivity contribution in [2.24, 2.45) is 10.9 Å². The predicted octanol–water partition coefficient (Wildman–Crippen LogP) is 2.90. The van der Waals surface area contributed by atoms with E-state index in [0.29, 0.717) is 12.5 Å². The molecule has 0 saturated carbocycles. The number of nitrogens with one attached hydrogen (secondary N) is 2. The molecule has 0 amide bonds. The van der Waals surface area contributed by atoms with Crippen LogP contribution in [0.5, 0.6) is 0 Å². The standard InChI is InChI=1S/C20H27N3O2/c1-16-5-2-3-6-18(16)14-23-20(22-13-17-9-12-24-15-17)21-10-8-19-7-4-11-25-19/h2-7,11,17H,8-10,12-15H2,1H3,(H2,21,22,23). The molecular weight excluding hydrogens is 314 g/mol. The first-order valence-corrected chi connectivity index (χ1v) is 8.98. The zero-order valence-corrected chi connectivity index (χ0v) is 14.8. The SMILES string of the molecule is Cc1ccccc1CN=C(NCCc1ccco1)NCC1CCOC1.